The van der Waals surface area contributed by atoms with E-state index in [1.165, 1.54) is 0 Å². The van der Waals surface area contributed by atoms with E-state index in [1.807, 2.05) is 0 Å². The zero-order valence-electron chi connectivity index (χ0n) is 15.3. The minimum absolute atomic E-state index is 0.0302. The van der Waals surface area contributed by atoms with Gasteiger partial charge in [0.2, 0.25) is 11.8 Å². The Morgan fingerprint density at radius 1 is 1.07 bits per heavy atom. The third kappa shape index (κ3) is 3.69. The monoisotopic (exact) mass is 391 g/mol. The van der Waals surface area contributed by atoms with Crippen molar-refractivity contribution in [3.8, 4) is 0 Å². The van der Waals surface area contributed by atoms with E-state index in [9.17, 15) is 19.2 Å². The van der Waals surface area contributed by atoms with Gasteiger partial charge in [-0.15, -0.1) is 11.6 Å². The summed E-state index contributed by atoms with van der Waals surface area (Å²) >= 11 is 5.76. The molecule has 1 N–H and O–H groups in total. The van der Waals surface area contributed by atoms with Crippen LogP contribution in [0.5, 0.6) is 0 Å². The Bertz CT molecular complexity index is 752. The summed E-state index contributed by atoms with van der Waals surface area (Å²) in [6, 6.07) is 5.68. The maximum atomic E-state index is 12.8. The van der Waals surface area contributed by atoms with Gasteiger partial charge in [-0.2, -0.15) is 0 Å². The van der Waals surface area contributed by atoms with Crippen molar-refractivity contribution in [1.29, 1.82) is 0 Å². The zero-order chi connectivity index (χ0) is 19.7. The number of amides is 4. The second-order valence-corrected chi connectivity index (χ2v) is 7.58. The van der Waals surface area contributed by atoms with Crippen LogP contribution in [0.3, 0.4) is 0 Å². The van der Waals surface area contributed by atoms with Crippen molar-refractivity contribution in [2.45, 2.75) is 44.1 Å². The number of nitrogens with one attached hydrogen (secondary N) is 1. The van der Waals surface area contributed by atoms with E-state index in [-0.39, 0.29) is 17.9 Å². The fourth-order valence-corrected chi connectivity index (χ4v) is 3.56. The number of benzene rings is 1. The largest absolute Gasteiger partial charge is 0.352 e. The molecule has 2 heterocycles. The van der Waals surface area contributed by atoms with Crippen LogP contribution in [0.4, 0.5) is 0 Å². The average Bonchev–Trinajstić information content (AvgIpc) is 2.92. The van der Waals surface area contributed by atoms with Crippen LogP contribution < -0.4 is 5.32 Å². The van der Waals surface area contributed by atoms with Gasteiger partial charge in [0.15, 0.2) is 0 Å². The summed E-state index contributed by atoms with van der Waals surface area (Å²) in [5.41, 5.74) is 0.664. The Morgan fingerprint density at radius 2 is 1.59 bits per heavy atom. The van der Waals surface area contributed by atoms with E-state index in [0.29, 0.717) is 37.1 Å². The Morgan fingerprint density at radius 3 is 2.07 bits per heavy atom. The first-order valence-electron chi connectivity index (χ1n) is 9.01. The number of halogens is 1. The number of rotatable bonds is 4. The molecule has 27 heavy (non-hydrogen) atoms. The normalized spacial score (nSPS) is 19.7. The molecule has 0 saturated carbocycles. The number of hydrogen-bond donors (Lipinski definition) is 1. The number of carbonyl (C=O) groups is 4. The predicted molar refractivity (Wildman–Crippen MR) is 99.5 cm³/mol. The summed E-state index contributed by atoms with van der Waals surface area (Å²) in [5.74, 6) is -1.36. The van der Waals surface area contributed by atoms with Gasteiger partial charge < -0.3 is 10.2 Å². The van der Waals surface area contributed by atoms with E-state index in [2.05, 4.69) is 5.32 Å². The lowest BCUT2D eigenvalue weighted by molar-refractivity contribution is -0.136. The number of likely N-dealkylation sites (tertiary alicyclic amines) is 1. The van der Waals surface area contributed by atoms with Crippen molar-refractivity contribution in [2.24, 2.45) is 0 Å². The van der Waals surface area contributed by atoms with Gasteiger partial charge in [0, 0.05) is 19.1 Å². The van der Waals surface area contributed by atoms with Gasteiger partial charge >= 0.3 is 0 Å². The van der Waals surface area contributed by atoms with Gasteiger partial charge in [-0.05, 0) is 38.8 Å². The molecule has 1 saturated heterocycles. The van der Waals surface area contributed by atoms with E-state index in [0.717, 1.165) is 4.90 Å². The van der Waals surface area contributed by atoms with Crippen molar-refractivity contribution in [3.05, 3.63) is 35.4 Å². The smallest absolute Gasteiger partial charge is 0.262 e. The lowest BCUT2D eigenvalue weighted by Crippen LogP contribution is -2.53. The molecule has 4 amide bonds. The van der Waals surface area contributed by atoms with Crippen LogP contribution in [0.1, 0.15) is 47.4 Å². The van der Waals surface area contributed by atoms with Crippen molar-refractivity contribution in [3.63, 3.8) is 0 Å². The molecule has 0 bridgehead atoms. The Labute approximate surface area is 162 Å². The second kappa shape index (κ2) is 7.68. The fraction of sp³-hybridized carbons (Fsp3) is 0.474. The van der Waals surface area contributed by atoms with Crippen LogP contribution in [0.25, 0.3) is 0 Å². The van der Waals surface area contributed by atoms with E-state index >= 15 is 0 Å². The fourth-order valence-electron chi connectivity index (χ4n) is 3.49. The number of alkyl halides is 1. The van der Waals surface area contributed by atoms with Crippen molar-refractivity contribution >= 4 is 35.2 Å². The molecule has 0 aromatic heterocycles. The summed E-state index contributed by atoms with van der Waals surface area (Å²) in [4.78, 5) is 52.3. The lowest BCUT2D eigenvalue weighted by Gasteiger charge is -2.35. The highest BCUT2D eigenvalue weighted by Gasteiger charge is 2.42. The first-order valence-corrected chi connectivity index (χ1v) is 9.45. The van der Waals surface area contributed by atoms with Crippen molar-refractivity contribution < 1.29 is 19.2 Å². The quantitative estimate of drug-likeness (QED) is 0.621. The molecule has 1 fully saturated rings. The number of nitrogens with zero attached hydrogens (tertiary/aromatic N) is 2. The highest BCUT2D eigenvalue weighted by Crippen LogP contribution is 2.25. The van der Waals surface area contributed by atoms with Gasteiger partial charge in [-0.25, -0.2) is 0 Å². The summed E-state index contributed by atoms with van der Waals surface area (Å²) in [6.07, 6.45) is 1.21. The first-order chi connectivity index (χ1) is 12.8. The summed E-state index contributed by atoms with van der Waals surface area (Å²) < 4.78 is 0. The Kier molecular flexibility index (Phi) is 5.51. The summed E-state index contributed by atoms with van der Waals surface area (Å²) in [7, 11) is 0. The molecule has 0 radical (unpaired) electrons. The number of carbonyl (C=O) groups excluding carboxylic acids is 4. The molecule has 144 valence electrons. The van der Waals surface area contributed by atoms with Crippen molar-refractivity contribution in [2.75, 3.05) is 13.1 Å². The first kappa shape index (κ1) is 19.4. The lowest BCUT2D eigenvalue weighted by atomic mass is 10.0. The van der Waals surface area contributed by atoms with Gasteiger partial charge in [0.1, 0.15) is 11.4 Å². The van der Waals surface area contributed by atoms with Crippen LogP contribution in [0.2, 0.25) is 0 Å². The molecule has 0 spiro atoms. The number of imide groups is 1. The van der Waals surface area contributed by atoms with Gasteiger partial charge in [-0.1, -0.05) is 12.1 Å². The van der Waals surface area contributed by atoms with E-state index in [1.54, 1.807) is 43.0 Å². The summed E-state index contributed by atoms with van der Waals surface area (Å²) in [5, 5.41) is 2.26. The van der Waals surface area contributed by atoms with Crippen LogP contribution in [-0.2, 0) is 9.59 Å². The third-order valence-electron chi connectivity index (χ3n) is 5.08. The molecule has 7 nitrogen and oxygen atoms in total. The topological polar surface area (TPSA) is 86.8 Å². The Balaban J connectivity index is 1.62. The molecule has 0 aliphatic carbocycles. The van der Waals surface area contributed by atoms with E-state index < -0.39 is 23.2 Å². The van der Waals surface area contributed by atoms with Gasteiger partial charge in [0.05, 0.1) is 11.1 Å². The number of hydrogen-bond acceptors (Lipinski definition) is 4. The van der Waals surface area contributed by atoms with Crippen LogP contribution in [-0.4, -0.2) is 64.0 Å². The average molecular weight is 392 g/mol. The molecule has 2 atom stereocenters. The molecule has 1 aromatic rings. The SMILES string of the molecule is CC(Cl)C(=O)NC1CCN(C(=O)C(C)N2C(=O)c3ccccc3C2=O)CC1. The van der Waals surface area contributed by atoms with Crippen LogP contribution in [0, 0.1) is 0 Å². The minimum Gasteiger partial charge on any atom is -0.352 e. The zero-order valence-corrected chi connectivity index (χ0v) is 16.0. The highest BCUT2D eigenvalue weighted by molar-refractivity contribution is 6.30. The van der Waals surface area contributed by atoms with Gasteiger partial charge in [-0.3, -0.25) is 24.1 Å². The van der Waals surface area contributed by atoms with Crippen LogP contribution >= 0.6 is 11.6 Å². The van der Waals surface area contributed by atoms with Crippen molar-refractivity contribution in [1.82, 2.24) is 15.1 Å². The third-order valence-corrected chi connectivity index (χ3v) is 5.28. The highest BCUT2D eigenvalue weighted by atomic mass is 35.5. The summed E-state index contributed by atoms with van der Waals surface area (Å²) in [6.45, 7) is 4.09. The van der Waals surface area contributed by atoms with E-state index in [4.69, 9.17) is 11.6 Å². The molecule has 2 aliphatic rings. The molecule has 8 heteroatoms. The number of fused-ring (bicyclic) bond motifs is 1. The maximum Gasteiger partial charge on any atom is 0.262 e. The predicted octanol–water partition coefficient (Wildman–Crippen LogP) is 1.41. The Hall–Kier alpha value is -2.41. The molecule has 1 aromatic carbocycles. The molecular formula is C19H22ClN3O4. The molecule has 2 unspecified atom stereocenters. The standard InChI is InChI=1S/C19H22ClN3O4/c1-11(20)16(24)21-13-7-9-22(10-8-13)17(25)12(2)23-18(26)14-5-3-4-6-15(14)19(23)27/h3-6,11-13H,7-10H2,1-2H3,(H,21,24). The van der Waals surface area contributed by atoms with Crippen LogP contribution in [0.15, 0.2) is 24.3 Å². The second-order valence-electron chi connectivity index (χ2n) is 6.93. The minimum atomic E-state index is -0.869. The molecule has 3 rings (SSSR count). The molecule has 2 aliphatic heterocycles. The van der Waals surface area contributed by atoms with Gasteiger partial charge in [0.25, 0.3) is 11.8 Å². The number of piperidine rings is 1. The maximum absolute atomic E-state index is 12.8. The molecular weight excluding hydrogens is 370 g/mol.